The van der Waals surface area contributed by atoms with Gasteiger partial charge in [-0.1, -0.05) is 20.3 Å². The standard InChI is InChI=1S/C22H28N2O4/c1-4-6-7-21(25)24-19-13-10-17(15-20(19)27-3)23-22(26)16-8-11-18(12-9-16)28-14-5-2/h8-13,15H,4-7,14H2,1-3H3,(H,23,26)(H,24,25). The van der Waals surface area contributed by atoms with E-state index in [-0.39, 0.29) is 11.8 Å². The minimum absolute atomic E-state index is 0.0534. The molecule has 0 heterocycles. The van der Waals surface area contributed by atoms with Crippen LogP contribution in [0.5, 0.6) is 11.5 Å². The molecule has 0 aromatic heterocycles. The van der Waals surface area contributed by atoms with E-state index < -0.39 is 0 Å². The molecule has 0 saturated heterocycles. The molecular formula is C22H28N2O4. The van der Waals surface area contributed by atoms with E-state index in [0.29, 0.717) is 35.7 Å². The van der Waals surface area contributed by atoms with E-state index in [1.54, 1.807) is 42.5 Å². The number of nitrogens with one attached hydrogen (secondary N) is 2. The second kappa shape index (κ2) is 11.0. The minimum Gasteiger partial charge on any atom is -0.494 e. The van der Waals surface area contributed by atoms with Crippen molar-refractivity contribution in [3.05, 3.63) is 48.0 Å². The molecule has 6 nitrogen and oxygen atoms in total. The molecule has 2 aromatic rings. The molecule has 0 unspecified atom stereocenters. The Balaban J connectivity index is 2.03. The molecule has 0 aliphatic heterocycles. The lowest BCUT2D eigenvalue weighted by molar-refractivity contribution is -0.116. The van der Waals surface area contributed by atoms with Crippen LogP contribution < -0.4 is 20.1 Å². The normalized spacial score (nSPS) is 10.2. The topological polar surface area (TPSA) is 76.7 Å². The van der Waals surface area contributed by atoms with Gasteiger partial charge in [-0.05, 0) is 49.2 Å². The molecule has 0 bridgehead atoms. The number of carbonyl (C=O) groups is 2. The molecule has 2 amide bonds. The zero-order valence-corrected chi connectivity index (χ0v) is 16.7. The summed E-state index contributed by atoms with van der Waals surface area (Å²) in [6.07, 6.45) is 3.20. The smallest absolute Gasteiger partial charge is 0.255 e. The lowest BCUT2D eigenvalue weighted by Crippen LogP contribution is -2.14. The highest BCUT2D eigenvalue weighted by atomic mass is 16.5. The Kier molecular flexibility index (Phi) is 8.34. The molecule has 6 heteroatoms. The molecule has 2 aromatic carbocycles. The predicted octanol–water partition coefficient (Wildman–Crippen LogP) is 4.87. The molecular weight excluding hydrogens is 356 g/mol. The van der Waals surface area contributed by atoms with Crippen molar-refractivity contribution in [2.24, 2.45) is 0 Å². The van der Waals surface area contributed by atoms with Gasteiger partial charge < -0.3 is 20.1 Å². The van der Waals surface area contributed by atoms with Gasteiger partial charge in [0.1, 0.15) is 11.5 Å². The highest BCUT2D eigenvalue weighted by Gasteiger charge is 2.11. The van der Waals surface area contributed by atoms with Gasteiger partial charge in [0.25, 0.3) is 5.91 Å². The zero-order valence-electron chi connectivity index (χ0n) is 16.7. The van der Waals surface area contributed by atoms with Crippen molar-refractivity contribution in [2.75, 3.05) is 24.4 Å². The van der Waals surface area contributed by atoms with E-state index in [1.165, 1.54) is 7.11 Å². The molecule has 0 radical (unpaired) electrons. The molecule has 0 aliphatic rings. The van der Waals surface area contributed by atoms with Gasteiger partial charge in [-0.25, -0.2) is 0 Å². The van der Waals surface area contributed by atoms with Gasteiger partial charge >= 0.3 is 0 Å². The Morgan fingerprint density at radius 2 is 1.71 bits per heavy atom. The van der Waals surface area contributed by atoms with E-state index >= 15 is 0 Å². The molecule has 0 aliphatic carbocycles. The highest BCUT2D eigenvalue weighted by Crippen LogP contribution is 2.28. The minimum atomic E-state index is -0.233. The van der Waals surface area contributed by atoms with Crippen LogP contribution >= 0.6 is 0 Å². The Bertz CT molecular complexity index is 788. The number of rotatable bonds is 10. The Morgan fingerprint density at radius 3 is 2.36 bits per heavy atom. The first kappa shape index (κ1) is 21.3. The Morgan fingerprint density at radius 1 is 0.964 bits per heavy atom. The number of benzene rings is 2. The van der Waals surface area contributed by atoms with Crippen LogP contribution in [0.3, 0.4) is 0 Å². The molecule has 28 heavy (non-hydrogen) atoms. The van der Waals surface area contributed by atoms with Crippen molar-refractivity contribution in [2.45, 2.75) is 39.5 Å². The zero-order chi connectivity index (χ0) is 20.4. The highest BCUT2D eigenvalue weighted by molar-refractivity contribution is 6.04. The van der Waals surface area contributed by atoms with E-state index in [4.69, 9.17) is 9.47 Å². The van der Waals surface area contributed by atoms with E-state index in [0.717, 1.165) is 25.0 Å². The summed E-state index contributed by atoms with van der Waals surface area (Å²) < 4.78 is 10.9. The fraction of sp³-hybridized carbons (Fsp3) is 0.364. The summed E-state index contributed by atoms with van der Waals surface area (Å²) >= 11 is 0. The fourth-order valence-electron chi connectivity index (χ4n) is 2.55. The maximum atomic E-state index is 12.5. The quantitative estimate of drug-likeness (QED) is 0.613. The van der Waals surface area contributed by atoms with E-state index in [9.17, 15) is 9.59 Å². The van der Waals surface area contributed by atoms with Crippen LogP contribution in [0.1, 0.15) is 49.9 Å². The summed E-state index contributed by atoms with van der Waals surface area (Å²) in [7, 11) is 1.53. The number of anilines is 2. The third kappa shape index (κ3) is 6.30. The average molecular weight is 384 g/mol. The first-order valence-corrected chi connectivity index (χ1v) is 9.59. The number of unbranched alkanes of at least 4 members (excludes halogenated alkanes) is 1. The summed E-state index contributed by atoms with van der Waals surface area (Å²) in [5, 5.41) is 5.68. The second-order valence-electron chi connectivity index (χ2n) is 6.39. The van der Waals surface area contributed by atoms with E-state index in [1.807, 2.05) is 13.8 Å². The lowest BCUT2D eigenvalue weighted by Gasteiger charge is -2.13. The molecule has 0 atom stereocenters. The predicted molar refractivity (Wildman–Crippen MR) is 111 cm³/mol. The van der Waals surface area contributed by atoms with Gasteiger partial charge in [0.2, 0.25) is 5.91 Å². The van der Waals surface area contributed by atoms with Crippen LogP contribution in [0.4, 0.5) is 11.4 Å². The monoisotopic (exact) mass is 384 g/mol. The number of ether oxygens (including phenoxy) is 2. The van der Waals surface area contributed by atoms with Crippen LogP contribution in [0.2, 0.25) is 0 Å². The number of amides is 2. The maximum absolute atomic E-state index is 12.5. The molecule has 2 N–H and O–H groups in total. The number of methoxy groups -OCH3 is 1. The van der Waals surface area contributed by atoms with Crippen LogP contribution in [0.15, 0.2) is 42.5 Å². The Labute approximate surface area is 166 Å². The summed E-state index contributed by atoms with van der Waals surface area (Å²) in [5.74, 6) is 0.945. The first-order chi connectivity index (χ1) is 13.6. The fourth-order valence-corrected chi connectivity index (χ4v) is 2.55. The van der Waals surface area contributed by atoms with Gasteiger partial charge in [0.15, 0.2) is 0 Å². The van der Waals surface area contributed by atoms with Crippen LogP contribution in [-0.4, -0.2) is 25.5 Å². The van der Waals surface area contributed by atoms with Crippen molar-refractivity contribution in [1.29, 1.82) is 0 Å². The maximum Gasteiger partial charge on any atom is 0.255 e. The van der Waals surface area contributed by atoms with Crippen molar-refractivity contribution in [1.82, 2.24) is 0 Å². The average Bonchev–Trinajstić information content (AvgIpc) is 2.72. The van der Waals surface area contributed by atoms with Gasteiger partial charge in [-0.2, -0.15) is 0 Å². The van der Waals surface area contributed by atoms with Crippen molar-refractivity contribution < 1.29 is 19.1 Å². The van der Waals surface area contributed by atoms with Crippen molar-refractivity contribution in [3.63, 3.8) is 0 Å². The van der Waals surface area contributed by atoms with Gasteiger partial charge in [0.05, 0.1) is 19.4 Å². The molecule has 0 spiro atoms. The lowest BCUT2D eigenvalue weighted by atomic mass is 10.2. The van der Waals surface area contributed by atoms with Crippen molar-refractivity contribution >= 4 is 23.2 Å². The molecule has 0 fully saturated rings. The SMILES string of the molecule is CCCCC(=O)Nc1ccc(NC(=O)c2ccc(OCCC)cc2)cc1OC. The third-order valence-corrected chi connectivity index (χ3v) is 4.08. The van der Waals surface area contributed by atoms with Gasteiger partial charge in [0, 0.05) is 23.7 Å². The van der Waals surface area contributed by atoms with E-state index in [2.05, 4.69) is 10.6 Å². The summed E-state index contributed by atoms with van der Waals surface area (Å²) in [6.45, 7) is 4.72. The Hall–Kier alpha value is -3.02. The number of hydrogen-bond donors (Lipinski definition) is 2. The van der Waals surface area contributed by atoms with Crippen LogP contribution in [0, 0.1) is 0 Å². The second-order valence-corrected chi connectivity index (χ2v) is 6.39. The van der Waals surface area contributed by atoms with Gasteiger partial charge in [-0.15, -0.1) is 0 Å². The number of hydrogen-bond acceptors (Lipinski definition) is 4. The van der Waals surface area contributed by atoms with Crippen LogP contribution in [0.25, 0.3) is 0 Å². The number of carbonyl (C=O) groups excluding carboxylic acids is 2. The van der Waals surface area contributed by atoms with Crippen LogP contribution in [-0.2, 0) is 4.79 Å². The molecule has 2 rings (SSSR count). The first-order valence-electron chi connectivity index (χ1n) is 9.59. The largest absolute Gasteiger partial charge is 0.494 e. The molecule has 150 valence electrons. The third-order valence-electron chi connectivity index (χ3n) is 4.08. The van der Waals surface area contributed by atoms with Gasteiger partial charge in [-0.3, -0.25) is 9.59 Å². The summed E-state index contributed by atoms with van der Waals surface area (Å²) in [6, 6.07) is 12.1. The van der Waals surface area contributed by atoms with Crippen molar-refractivity contribution in [3.8, 4) is 11.5 Å². The molecule has 0 saturated carbocycles. The summed E-state index contributed by atoms with van der Waals surface area (Å²) in [4.78, 5) is 24.4. The summed E-state index contributed by atoms with van der Waals surface area (Å²) in [5.41, 5.74) is 1.69.